The molecule has 0 saturated heterocycles. The maximum absolute atomic E-state index is 9.11. The topological polar surface area (TPSA) is 41.5 Å². The molecule has 3 heteroatoms. The van der Waals surface area contributed by atoms with Crippen LogP contribution in [-0.2, 0) is 4.74 Å². The smallest absolute Gasteiger partial charge is 0.0572 e. The minimum Gasteiger partial charge on any atom is -0.393 e. The number of nitrogens with one attached hydrogen (secondary N) is 1. The summed E-state index contributed by atoms with van der Waals surface area (Å²) in [7, 11) is 1.81. The molecular formula is C12H25NO2. The van der Waals surface area contributed by atoms with E-state index in [2.05, 4.69) is 5.32 Å². The molecular weight excluding hydrogens is 190 g/mol. The molecule has 0 amide bonds. The molecule has 1 rings (SSSR count). The normalized spacial score (nSPS) is 29.0. The molecule has 15 heavy (non-hydrogen) atoms. The molecule has 1 aliphatic rings. The van der Waals surface area contributed by atoms with E-state index in [-0.39, 0.29) is 6.10 Å². The average molecular weight is 215 g/mol. The van der Waals surface area contributed by atoms with E-state index in [0.29, 0.717) is 12.1 Å². The lowest BCUT2D eigenvalue weighted by Crippen LogP contribution is -2.35. The molecule has 1 aliphatic carbocycles. The molecule has 0 aromatic carbocycles. The molecule has 1 unspecified atom stereocenters. The Balaban J connectivity index is 1.99. The van der Waals surface area contributed by atoms with Gasteiger partial charge < -0.3 is 15.2 Å². The molecule has 1 saturated carbocycles. The molecule has 0 radical (unpaired) electrons. The van der Waals surface area contributed by atoms with Crippen molar-refractivity contribution < 1.29 is 9.84 Å². The maximum atomic E-state index is 9.11. The lowest BCUT2D eigenvalue weighted by molar-refractivity contribution is 0.0624. The second kappa shape index (κ2) is 7.20. The van der Waals surface area contributed by atoms with Crippen LogP contribution in [0.5, 0.6) is 0 Å². The summed E-state index contributed by atoms with van der Waals surface area (Å²) < 4.78 is 5.34. The number of ether oxygens (including phenoxy) is 1. The third kappa shape index (κ3) is 5.50. The van der Waals surface area contributed by atoms with Gasteiger partial charge in [0.25, 0.3) is 0 Å². The van der Waals surface area contributed by atoms with Gasteiger partial charge in [0, 0.05) is 13.2 Å². The van der Waals surface area contributed by atoms with Crippen molar-refractivity contribution in [2.75, 3.05) is 13.7 Å². The number of hydrogen-bond acceptors (Lipinski definition) is 3. The first-order chi connectivity index (χ1) is 7.22. The monoisotopic (exact) mass is 215 g/mol. The molecule has 3 nitrogen and oxygen atoms in total. The van der Waals surface area contributed by atoms with E-state index >= 15 is 0 Å². The van der Waals surface area contributed by atoms with E-state index in [1.807, 2.05) is 6.92 Å². The molecule has 0 heterocycles. The van der Waals surface area contributed by atoms with Crippen molar-refractivity contribution >= 4 is 0 Å². The summed E-state index contributed by atoms with van der Waals surface area (Å²) in [6, 6.07) is 0.672. The second-order valence-electron chi connectivity index (χ2n) is 4.65. The highest BCUT2D eigenvalue weighted by atomic mass is 16.5. The average Bonchev–Trinajstić information content (AvgIpc) is 2.25. The van der Waals surface area contributed by atoms with Crippen molar-refractivity contribution in [2.24, 2.45) is 0 Å². The lowest BCUT2D eigenvalue weighted by atomic mass is 9.93. The second-order valence-corrected chi connectivity index (χ2v) is 4.65. The summed E-state index contributed by atoms with van der Waals surface area (Å²) >= 11 is 0. The van der Waals surface area contributed by atoms with Gasteiger partial charge in [-0.1, -0.05) is 0 Å². The summed E-state index contributed by atoms with van der Waals surface area (Å²) in [6.07, 6.45) is 7.13. The Bertz CT molecular complexity index is 154. The molecule has 0 aromatic heterocycles. The Labute approximate surface area is 93.2 Å². The maximum Gasteiger partial charge on any atom is 0.0572 e. The van der Waals surface area contributed by atoms with Crippen LogP contribution in [0.3, 0.4) is 0 Å². The Morgan fingerprint density at radius 1 is 1.33 bits per heavy atom. The number of aliphatic hydroxyl groups excluding tert-OH is 1. The van der Waals surface area contributed by atoms with E-state index in [4.69, 9.17) is 9.84 Å². The van der Waals surface area contributed by atoms with Gasteiger partial charge in [-0.3, -0.25) is 0 Å². The zero-order valence-corrected chi connectivity index (χ0v) is 10.0. The Kier molecular flexibility index (Phi) is 6.22. The molecule has 0 bridgehead atoms. The molecule has 0 spiro atoms. The van der Waals surface area contributed by atoms with Crippen LogP contribution in [0.25, 0.3) is 0 Å². The van der Waals surface area contributed by atoms with E-state index in [0.717, 1.165) is 19.4 Å². The van der Waals surface area contributed by atoms with Gasteiger partial charge in [-0.05, 0) is 52.0 Å². The van der Waals surface area contributed by atoms with Crippen LogP contribution in [-0.4, -0.2) is 37.0 Å². The summed E-state index contributed by atoms with van der Waals surface area (Å²) in [5, 5.41) is 12.7. The van der Waals surface area contributed by atoms with Crippen LogP contribution in [0, 0.1) is 0 Å². The predicted octanol–water partition coefficient (Wildman–Crippen LogP) is 1.69. The van der Waals surface area contributed by atoms with E-state index < -0.39 is 0 Å². The van der Waals surface area contributed by atoms with E-state index in [9.17, 15) is 0 Å². The number of hydrogen-bond donors (Lipinski definition) is 2. The molecule has 0 aliphatic heterocycles. The van der Waals surface area contributed by atoms with E-state index in [1.165, 1.54) is 25.7 Å². The first-order valence-electron chi connectivity index (χ1n) is 6.16. The van der Waals surface area contributed by atoms with Crippen LogP contribution in [0.1, 0.15) is 45.4 Å². The van der Waals surface area contributed by atoms with Crippen LogP contribution in [0.2, 0.25) is 0 Å². The Hall–Kier alpha value is -0.120. The summed E-state index contributed by atoms with van der Waals surface area (Å²) in [5.74, 6) is 0. The van der Waals surface area contributed by atoms with Gasteiger partial charge in [0.15, 0.2) is 0 Å². The van der Waals surface area contributed by atoms with Crippen LogP contribution in [0.15, 0.2) is 0 Å². The molecule has 0 aromatic rings. The minimum atomic E-state index is -0.156. The van der Waals surface area contributed by atoms with Gasteiger partial charge in [-0.15, -0.1) is 0 Å². The van der Waals surface area contributed by atoms with E-state index in [1.54, 1.807) is 7.11 Å². The van der Waals surface area contributed by atoms with Crippen molar-refractivity contribution in [1.29, 1.82) is 0 Å². The van der Waals surface area contributed by atoms with Crippen LogP contribution in [0.4, 0.5) is 0 Å². The van der Waals surface area contributed by atoms with Gasteiger partial charge in [-0.2, -0.15) is 0 Å². The third-order valence-corrected chi connectivity index (χ3v) is 3.24. The number of rotatable bonds is 6. The Morgan fingerprint density at radius 3 is 2.53 bits per heavy atom. The van der Waals surface area contributed by atoms with Gasteiger partial charge in [0.2, 0.25) is 0 Å². The zero-order chi connectivity index (χ0) is 11.1. The van der Waals surface area contributed by atoms with Crippen molar-refractivity contribution in [3.63, 3.8) is 0 Å². The summed E-state index contributed by atoms with van der Waals surface area (Å²) in [6.45, 7) is 2.89. The minimum absolute atomic E-state index is 0.156. The number of aliphatic hydroxyl groups is 1. The Morgan fingerprint density at radius 2 is 2.00 bits per heavy atom. The van der Waals surface area contributed by atoms with Crippen LogP contribution < -0.4 is 5.32 Å². The largest absolute Gasteiger partial charge is 0.393 e. The summed E-state index contributed by atoms with van der Waals surface area (Å²) in [4.78, 5) is 0. The van der Waals surface area contributed by atoms with Gasteiger partial charge in [0.1, 0.15) is 0 Å². The highest BCUT2D eigenvalue weighted by Gasteiger charge is 2.19. The fraction of sp³-hybridized carbons (Fsp3) is 1.00. The fourth-order valence-electron chi connectivity index (χ4n) is 2.21. The lowest BCUT2D eigenvalue weighted by Gasteiger charge is -2.28. The third-order valence-electron chi connectivity index (χ3n) is 3.24. The van der Waals surface area contributed by atoms with Crippen LogP contribution >= 0.6 is 0 Å². The summed E-state index contributed by atoms with van der Waals surface area (Å²) in [5.41, 5.74) is 0. The zero-order valence-electron chi connectivity index (χ0n) is 10.0. The SMILES string of the molecule is COC1CCC(NCCCC(C)O)CC1. The van der Waals surface area contributed by atoms with Gasteiger partial charge in [-0.25, -0.2) is 0 Å². The number of methoxy groups -OCH3 is 1. The fourth-order valence-corrected chi connectivity index (χ4v) is 2.21. The predicted molar refractivity (Wildman–Crippen MR) is 62.0 cm³/mol. The van der Waals surface area contributed by atoms with Crippen molar-refractivity contribution in [2.45, 2.75) is 63.7 Å². The first-order valence-corrected chi connectivity index (χ1v) is 6.16. The first kappa shape index (κ1) is 12.9. The van der Waals surface area contributed by atoms with Gasteiger partial charge >= 0.3 is 0 Å². The van der Waals surface area contributed by atoms with Crippen molar-refractivity contribution in [1.82, 2.24) is 5.32 Å². The molecule has 1 atom stereocenters. The molecule has 2 N–H and O–H groups in total. The molecule has 90 valence electrons. The highest BCUT2D eigenvalue weighted by molar-refractivity contribution is 4.77. The standard InChI is InChI=1S/C12H25NO2/c1-10(14)4-3-9-13-11-5-7-12(15-2)8-6-11/h10-14H,3-9H2,1-2H3. The van der Waals surface area contributed by atoms with Crippen molar-refractivity contribution in [3.8, 4) is 0 Å². The van der Waals surface area contributed by atoms with Crippen molar-refractivity contribution in [3.05, 3.63) is 0 Å². The van der Waals surface area contributed by atoms with Gasteiger partial charge in [0.05, 0.1) is 12.2 Å². The molecule has 1 fully saturated rings. The highest BCUT2D eigenvalue weighted by Crippen LogP contribution is 2.20. The quantitative estimate of drug-likeness (QED) is 0.663.